The summed E-state index contributed by atoms with van der Waals surface area (Å²) in [5, 5.41) is 10.3. The van der Waals surface area contributed by atoms with Crippen LogP contribution < -0.4 is 10.6 Å². The van der Waals surface area contributed by atoms with Crippen LogP contribution in [0.25, 0.3) is 0 Å². The topological polar surface area (TPSA) is 96.3 Å². The van der Waals surface area contributed by atoms with Gasteiger partial charge in [0.15, 0.2) is 0 Å². The van der Waals surface area contributed by atoms with E-state index < -0.39 is 6.04 Å². The van der Waals surface area contributed by atoms with E-state index in [1.807, 2.05) is 33.8 Å². The molecule has 2 N–H and O–H groups in total. The fourth-order valence-electron chi connectivity index (χ4n) is 3.89. The zero-order valence-corrected chi connectivity index (χ0v) is 19.9. The number of likely N-dealkylation sites (tertiary alicyclic amines) is 1. The molecule has 0 radical (unpaired) electrons. The molecule has 2 atom stereocenters. The fraction of sp³-hybridized carbons (Fsp3) is 0.478. The molecule has 1 saturated heterocycles. The molecule has 0 spiro atoms. The van der Waals surface area contributed by atoms with E-state index in [1.165, 1.54) is 0 Å². The lowest BCUT2D eigenvalue weighted by atomic mass is 10.1. The molecule has 1 aliphatic heterocycles. The molecule has 32 heavy (non-hydrogen) atoms. The van der Waals surface area contributed by atoms with E-state index in [4.69, 9.17) is 11.6 Å². The molecule has 0 bridgehead atoms. The number of rotatable bonds is 7. The quantitative estimate of drug-likeness (QED) is 0.658. The number of amides is 3. The maximum atomic E-state index is 12.7. The van der Waals surface area contributed by atoms with Gasteiger partial charge in [0.25, 0.3) is 0 Å². The molecule has 0 unspecified atom stereocenters. The Bertz CT molecular complexity index is 1030. The minimum absolute atomic E-state index is 0.00618. The van der Waals surface area contributed by atoms with Gasteiger partial charge >= 0.3 is 0 Å². The monoisotopic (exact) mass is 459 g/mol. The molecule has 1 aromatic heterocycles. The van der Waals surface area contributed by atoms with E-state index in [-0.39, 0.29) is 30.1 Å². The van der Waals surface area contributed by atoms with Crippen LogP contribution in [0.3, 0.4) is 0 Å². The Kier molecular flexibility index (Phi) is 7.23. The first-order valence-electron chi connectivity index (χ1n) is 10.8. The van der Waals surface area contributed by atoms with Gasteiger partial charge in [-0.2, -0.15) is 5.10 Å². The summed E-state index contributed by atoms with van der Waals surface area (Å²) in [5.41, 5.74) is 2.70. The molecule has 1 aliphatic rings. The zero-order valence-electron chi connectivity index (χ0n) is 19.1. The molecule has 8 nitrogen and oxygen atoms in total. The Hall–Kier alpha value is -2.87. The van der Waals surface area contributed by atoms with Crippen LogP contribution in [0.2, 0.25) is 5.02 Å². The molecular formula is C23H30ClN5O3. The molecule has 172 valence electrons. The average molecular weight is 460 g/mol. The lowest BCUT2D eigenvalue weighted by molar-refractivity contribution is -0.128. The number of aromatic nitrogens is 2. The minimum atomic E-state index is -0.507. The number of halogens is 1. The SMILES string of the molecule is Cc1cc(C)n([C@@H](C)C(=O)Nc2ccc(NC(=O)[C@@H]3CC(=O)N(CC(C)C)C3)cc2Cl)n1. The Morgan fingerprint density at radius 3 is 2.50 bits per heavy atom. The van der Waals surface area contributed by atoms with Crippen LogP contribution in [0.4, 0.5) is 11.4 Å². The highest BCUT2D eigenvalue weighted by atomic mass is 35.5. The zero-order chi connectivity index (χ0) is 23.6. The minimum Gasteiger partial charge on any atom is -0.342 e. The van der Waals surface area contributed by atoms with E-state index in [1.54, 1.807) is 34.7 Å². The lowest BCUT2D eigenvalue weighted by Gasteiger charge is -2.19. The first-order valence-corrected chi connectivity index (χ1v) is 11.1. The second-order valence-corrected chi connectivity index (χ2v) is 9.22. The Labute approximate surface area is 193 Å². The summed E-state index contributed by atoms with van der Waals surface area (Å²) in [4.78, 5) is 39.2. The summed E-state index contributed by atoms with van der Waals surface area (Å²) >= 11 is 6.36. The van der Waals surface area contributed by atoms with Crippen molar-refractivity contribution < 1.29 is 14.4 Å². The van der Waals surface area contributed by atoms with Crippen LogP contribution in [0, 0.1) is 25.7 Å². The smallest absolute Gasteiger partial charge is 0.248 e. The molecule has 3 rings (SSSR count). The van der Waals surface area contributed by atoms with Gasteiger partial charge in [-0.25, -0.2) is 0 Å². The number of aryl methyl sites for hydroxylation is 2. The van der Waals surface area contributed by atoms with Gasteiger partial charge in [0.2, 0.25) is 17.7 Å². The third-order valence-corrected chi connectivity index (χ3v) is 5.77. The Morgan fingerprint density at radius 2 is 1.91 bits per heavy atom. The first-order chi connectivity index (χ1) is 15.0. The Morgan fingerprint density at radius 1 is 1.19 bits per heavy atom. The van der Waals surface area contributed by atoms with Gasteiger partial charge in [0.1, 0.15) is 6.04 Å². The van der Waals surface area contributed by atoms with Crippen molar-refractivity contribution in [2.45, 2.75) is 47.1 Å². The van der Waals surface area contributed by atoms with Crippen molar-refractivity contribution in [3.8, 4) is 0 Å². The van der Waals surface area contributed by atoms with Crippen LogP contribution in [0.5, 0.6) is 0 Å². The largest absolute Gasteiger partial charge is 0.342 e. The van der Waals surface area contributed by atoms with Gasteiger partial charge < -0.3 is 15.5 Å². The number of anilines is 2. The van der Waals surface area contributed by atoms with Gasteiger partial charge in [-0.05, 0) is 51.0 Å². The van der Waals surface area contributed by atoms with E-state index in [0.717, 1.165) is 11.4 Å². The van der Waals surface area contributed by atoms with Crippen LogP contribution >= 0.6 is 11.6 Å². The molecule has 3 amide bonds. The van der Waals surface area contributed by atoms with Crippen LogP contribution in [0.15, 0.2) is 24.3 Å². The predicted molar refractivity (Wildman–Crippen MR) is 125 cm³/mol. The van der Waals surface area contributed by atoms with Crippen LogP contribution in [-0.4, -0.2) is 45.5 Å². The van der Waals surface area contributed by atoms with Crippen LogP contribution in [0.1, 0.15) is 44.6 Å². The molecule has 9 heteroatoms. The summed E-state index contributed by atoms with van der Waals surface area (Å²) in [6.07, 6.45) is 0.213. The van der Waals surface area contributed by atoms with Crippen molar-refractivity contribution in [2.75, 3.05) is 23.7 Å². The number of carbonyl (C=O) groups is 3. The van der Waals surface area contributed by atoms with E-state index in [0.29, 0.717) is 35.4 Å². The summed E-state index contributed by atoms with van der Waals surface area (Å²) in [5.74, 6) is -0.487. The first kappa shape index (κ1) is 23.8. The second-order valence-electron chi connectivity index (χ2n) is 8.81. The molecule has 2 aromatic rings. The van der Waals surface area contributed by atoms with Crippen molar-refractivity contribution >= 4 is 40.7 Å². The third-order valence-electron chi connectivity index (χ3n) is 5.46. The third kappa shape index (κ3) is 5.48. The molecule has 2 heterocycles. The van der Waals surface area contributed by atoms with Gasteiger partial charge in [-0.3, -0.25) is 19.1 Å². The Balaban J connectivity index is 1.61. The lowest BCUT2D eigenvalue weighted by Crippen LogP contribution is -2.31. The van der Waals surface area contributed by atoms with Gasteiger partial charge in [-0.15, -0.1) is 0 Å². The van der Waals surface area contributed by atoms with Crippen molar-refractivity contribution in [1.82, 2.24) is 14.7 Å². The molecule has 1 fully saturated rings. The molecule has 0 saturated carbocycles. The number of carbonyl (C=O) groups excluding carboxylic acids is 3. The normalized spacial score (nSPS) is 17.0. The average Bonchev–Trinajstić information content (AvgIpc) is 3.24. The summed E-state index contributed by atoms with van der Waals surface area (Å²) < 4.78 is 1.67. The predicted octanol–water partition coefficient (Wildman–Crippen LogP) is 3.80. The standard InChI is InChI=1S/C23H30ClN5O3/c1-13(2)11-28-12-17(9-21(28)30)23(32)25-18-6-7-20(19(24)10-18)26-22(31)16(5)29-15(4)8-14(3)27-29/h6-8,10,13,16-17H,9,11-12H2,1-5H3,(H,25,32)(H,26,31)/t16-,17+/m0/s1. The summed E-state index contributed by atoms with van der Waals surface area (Å²) in [7, 11) is 0. The summed E-state index contributed by atoms with van der Waals surface area (Å²) in [6.45, 7) is 10.7. The highest BCUT2D eigenvalue weighted by Crippen LogP contribution is 2.28. The van der Waals surface area contributed by atoms with Crippen molar-refractivity contribution in [2.24, 2.45) is 11.8 Å². The van der Waals surface area contributed by atoms with Crippen molar-refractivity contribution in [3.05, 3.63) is 40.7 Å². The van der Waals surface area contributed by atoms with Gasteiger partial charge in [-0.1, -0.05) is 25.4 Å². The molecule has 0 aliphatic carbocycles. The van der Waals surface area contributed by atoms with E-state index in [2.05, 4.69) is 15.7 Å². The summed E-state index contributed by atoms with van der Waals surface area (Å²) in [6, 6.07) is 6.32. The molecular weight excluding hydrogens is 430 g/mol. The van der Waals surface area contributed by atoms with Gasteiger partial charge in [0.05, 0.1) is 22.3 Å². The van der Waals surface area contributed by atoms with Gasteiger partial charge in [0, 0.05) is 30.9 Å². The van der Waals surface area contributed by atoms with Crippen LogP contribution in [-0.2, 0) is 14.4 Å². The molecule has 1 aromatic carbocycles. The highest BCUT2D eigenvalue weighted by molar-refractivity contribution is 6.34. The number of hydrogen-bond donors (Lipinski definition) is 2. The number of nitrogens with one attached hydrogen (secondary N) is 2. The fourth-order valence-corrected chi connectivity index (χ4v) is 4.12. The van der Waals surface area contributed by atoms with E-state index in [9.17, 15) is 14.4 Å². The van der Waals surface area contributed by atoms with Crippen molar-refractivity contribution in [3.63, 3.8) is 0 Å². The second kappa shape index (κ2) is 9.73. The number of benzene rings is 1. The maximum absolute atomic E-state index is 12.7. The number of hydrogen-bond acceptors (Lipinski definition) is 4. The van der Waals surface area contributed by atoms with Crippen molar-refractivity contribution in [1.29, 1.82) is 0 Å². The highest BCUT2D eigenvalue weighted by Gasteiger charge is 2.34. The number of nitrogens with zero attached hydrogens (tertiary/aromatic N) is 3. The van der Waals surface area contributed by atoms with E-state index >= 15 is 0 Å². The maximum Gasteiger partial charge on any atom is 0.248 e.